The van der Waals surface area contributed by atoms with E-state index in [9.17, 15) is 15.0 Å². The van der Waals surface area contributed by atoms with Crippen LogP contribution in [0.15, 0.2) is 41.8 Å². The second-order valence-electron chi connectivity index (χ2n) is 8.61. The standard InChI is InChI=1S/C12H16O3.C10H14O.C5H6S.C3H8.C2H6/c1-7-5-10(6-8(2)11(7)13)9(3)12(14)15-4;1-4-9-5-7(2)10(11)8(3)6-9;1-5-3-2-4-6-5;1-3-2;1-2/h5-6,9,13H,1-4H3;5-6,11H,4H2,1-3H3;2-4H,1H3;3H2,1-2H3;1-2H3. The molecular formula is C32H50O4S. The van der Waals surface area contributed by atoms with E-state index in [-0.39, 0.29) is 17.6 Å². The molecule has 0 amide bonds. The van der Waals surface area contributed by atoms with E-state index in [4.69, 9.17) is 0 Å². The summed E-state index contributed by atoms with van der Waals surface area (Å²) in [6, 6.07) is 11.8. The number of methoxy groups -OCH3 is 1. The van der Waals surface area contributed by atoms with E-state index in [1.165, 1.54) is 24.0 Å². The van der Waals surface area contributed by atoms with Gasteiger partial charge in [0.1, 0.15) is 11.5 Å². The Balaban J connectivity index is 0. The number of hydrogen-bond donors (Lipinski definition) is 2. The highest BCUT2D eigenvalue weighted by molar-refractivity contribution is 7.09. The van der Waals surface area contributed by atoms with Gasteiger partial charge >= 0.3 is 5.97 Å². The van der Waals surface area contributed by atoms with Gasteiger partial charge in [0, 0.05) is 4.88 Å². The van der Waals surface area contributed by atoms with Gasteiger partial charge in [-0.15, -0.1) is 11.3 Å². The van der Waals surface area contributed by atoms with Crippen molar-refractivity contribution in [2.75, 3.05) is 7.11 Å². The minimum Gasteiger partial charge on any atom is -0.507 e. The van der Waals surface area contributed by atoms with Gasteiger partial charge in [-0.3, -0.25) is 4.79 Å². The molecule has 0 saturated carbocycles. The van der Waals surface area contributed by atoms with E-state index in [2.05, 4.69) is 49.9 Å². The van der Waals surface area contributed by atoms with Gasteiger partial charge in [0.2, 0.25) is 0 Å². The maximum Gasteiger partial charge on any atom is 0.312 e. The number of hydrogen-bond acceptors (Lipinski definition) is 5. The molecule has 1 unspecified atom stereocenters. The lowest BCUT2D eigenvalue weighted by Crippen LogP contribution is -2.11. The van der Waals surface area contributed by atoms with Crippen molar-refractivity contribution in [3.8, 4) is 11.5 Å². The molecule has 0 bridgehead atoms. The number of aromatic hydroxyl groups is 2. The number of aryl methyl sites for hydroxylation is 6. The SMILES string of the molecule is CC.CCC.CCc1cc(C)c(O)c(C)c1.COC(=O)C(C)c1cc(C)c(O)c(C)c1.Cc1cccs1. The van der Waals surface area contributed by atoms with Crippen LogP contribution in [-0.4, -0.2) is 23.3 Å². The van der Waals surface area contributed by atoms with Crippen LogP contribution in [0.5, 0.6) is 11.5 Å². The number of phenols is 2. The molecule has 0 spiro atoms. The minimum absolute atomic E-state index is 0.264. The smallest absolute Gasteiger partial charge is 0.312 e. The molecule has 37 heavy (non-hydrogen) atoms. The van der Waals surface area contributed by atoms with Crippen molar-refractivity contribution in [1.82, 2.24) is 0 Å². The van der Waals surface area contributed by atoms with Crippen LogP contribution in [0, 0.1) is 34.6 Å². The maximum atomic E-state index is 11.3. The van der Waals surface area contributed by atoms with E-state index in [1.54, 1.807) is 18.3 Å². The molecule has 0 fully saturated rings. The third kappa shape index (κ3) is 13.9. The number of carbonyl (C=O) groups is 1. The molecule has 1 aromatic heterocycles. The van der Waals surface area contributed by atoms with Crippen LogP contribution >= 0.6 is 11.3 Å². The van der Waals surface area contributed by atoms with Crippen LogP contribution in [0.25, 0.3) is 0 Å². The minimum atomic E-state index is -0.298. The fourth-order valence-corrected chi connectivity index (χ4v) is 3.69. The molecule has 0 aliphatic rings. The van der Waals surface area contributed by atoms with Crippen molar-refractivity contribution in [3.63, 3.8) is 0 Å². The van der Waals surface area contributed by atoms with E-state index < -0.39 is 0 Å². The highest BCUT2D eigenvalue weighted by Gasteiger charge is 2.17. The molecule has 3 rings (SSSR count). The molecule has 3 aromatic rings. The van der Waals surface area contributed by atoms with Crippen LogP contribution in [0.3, 0.4) is 0 Å². The van der Waals surface area contributed by atoms with Gasteiger partial charge < -0.3 is 14.9 Å². The summed E-state index contributed by atoms with van der Waals surface area (Å²) in [5, 5.41) is 21.1. The van der Waals surface area contributed by atoms with Gasteiger partial charge in [-0.25, -0.2) is 0 Å². The summed E-state index contributed by atoms with van der Waals surface area (Å²) in [6.07, 6.45) is 2.28. The number of carbonyl (C=O) groups excluding carboxylic acids is 1. The molecule has 5 heteroatoms. The molecule has 2 aromatic carbocycles. The summed E-state index contributed by atoms with van der Waals surface area (Å²) in [5.41, 5.74) is 5.66. The van der Waals surface area contributed by atoms with Gasteiger partial charge in [-0.2, -0.15) is 0 Å². The summed E-state index contributed by atoms with van der Waals surface area (Å²) in [6.45, 7) is 21.8. The molecule has 0 aliphatic carbocycles. The maximum absolute atomic E-state index is 11.3. The van der Waals surface area contributed by atoms with Crippen molar-refractivity contribution < 1.29 is 19.7 Å². The lowest BCUT2D eigenvalue weighted by Gasteiger charge is -2.12. The van der Waals surface area contributed by atoms with Crippen molar-refractivity contribution in [2.24, 2.45) is 0 Å². The number of phenolic OH excluding ortho intramolecular Hbond substituents is 2. The zero-order chi connectivity index (χ0) is 29.1. The Bertz CT molecular complexity index is 977. The summed E-state index contributed by atoms with van der Waals surface area (Å²) < 4.78 is 4.67. The molecule has 0 aliphatic heterocycles. The fraction of sp³-hybridized carbons (Fsp3) is 0.469. The molecule has 1 heterocycles. The molecule has 2 N–H and O–H groups in total. The first-order chi connectivity index (χ1) is 17.4. The van der Waals surface area contributed by atoms with Crippen LogP contribution in [0.2, 0.25) is 0 Å². The lowest BCUT2D eigenvalue weighted by molar-refractivity contribution is -0.141. The normalized spacial score (nSPS) is 10.1. The van der Waals surface area contributed by atoms with Gasteiger partial charge in [0.15, 0.2) is 0 Å². The predicted octanol–water partition coefficient (Wildman–Crippen LogP) is 9.36. The topological polar surface area (TPSA) is 66.8 Å². The van der Waals surface area contributed by atoms with Gasteiger partial charge in [0.25, 0.3) is 0 Å². The highest BCUT2D eigenvalue weighted by Crippen LogP contribution is 2.27. The second kappa shape index (κ2) is 20.3. The number of rotatable bonds is 3. The number of ether oxygens (including phenoxy) is 1. The summed E-state index contributed by atoms with van der Waals surface area (Å²) in [5.74, 6) is 0.158. The Labute approximate surface area is 230 Å². The number of esters is 1. The first-order valence-electron chi connectivity index (χ1n) is 13.1. The Hall–Kier alpha value is -2.79. The average Bonchev–Trinajstić information content (AvgIpc) is 3.37. The molecule has 0 saturated heterocycles. The Morgan fingerprint density at radius 1 is 0.865 bits per heavy atom. The lowest BCUT2D eigenvalue weighted by atomic mass is 9.96. The molecular weight excluding hydrogens is 480 g/mol. The number of thiophene rings is 1. The van der Waals surface area contributed by atoms with Gasteiger partial charge in [-0.05, 0) is 92.8 Å². The van der Waals surface area contributed by atoms with E-state index in [0.29, 0.717) is 5.75 Å². The molecule has 0 radical (unpaired) electrons. The first kappa shape index (κ1) is 36.4. The van der Waals surface area contributed by atoms with Crippen LogP contribution in [-0.2, 0) is 16.0 Å². The molecule has 1 atom stereocenters. The van der Waals surface area contributed by atoms with Crippen molar-refractivity contribution >= 4 is 17.3 Å². The second-order valence-corrected chi connectivity index (χ2v) is 9.76. The van der Waals surface area contributed by atoms with E-state index >= 15 is 0 Å². The molecule has 208 valence electrons. The zero-order valence-electron chi connectivity index (χ0n) is 25.2. The Morgan fingerprint density at radius 2 is 1.27 bits per heavy atom. The third-order valence-electron chi connectivity index (χ3n) is 5.19. The number of benzene rings is 2. The predicted molar refractivity (Wildman–Crippen MR) is 161 cm³/mol. The van der Waals surface area contributed by atoms with E-state index in [1.807, 2.05) is 65.8 Å². The Morgan fingerprint density at radius 3 is 1.54 bits per heavy atom. The third-order valence-corrected chi connectivity index (χ3v) is 5.99. The quantitative estimate of drug-likeness (QED) is 0.331. The summed E-state index contributed by atoms with van der Waals surface area (Å²) in [7, 11) is 1.37. The highest BCUT2D eigenvalue weighted by atomic mass is 32.1. The largest absolute Gasteiger partial charge is 0.507 e. The fourth-order valence-electron chi connectivity index (χ4n) is 3.16. The average molecular weight is 531 g/mol. The van der Waals surface area contributed by atoms with Crippen molar-refractivity contribution in [3.05, 3.63) is 80.0 Å². The van der Waals surface area contributed by atoms with Crippen molar-refractivity contribution in [1.29, 1.82) is 0 Å². The zero-order valence-corrected chi connectivity index (χ0v) is 26.0. The van der Waals surface area contributed by atoms with Crippen LogP contribution < -0.4 is 0 Å². The monoisotopic (exact) mass is 530 g/mol. The van der Waals surface area contributed by atoms with Crippen molar-refractivity contribution in [2.45, 2.75) is 94.9 Å². The Kier molecular flexibility index (Phi) is 19.9. The molecule has 4 nitrogen and oxygen atoms in total. The van der Waals surface area contributed by atoms with Crippen LogP contribution in [0.1, 0.15) is 92.1 Å². The first-order valence-corrected chi connectivity index (χ1v) is 14.0. The summed E-state index contributed by atoms with van der Waals surface area (Å²) in [4.78, 5) is 12.7. The van der Waals surface area contributed by atoms with E-state index in [0.717, 1.165) is 34.2 Å². The van der Waals surface area contributed by atoms with Crippen LogP contribution in [0.4, 0.5) is 0 Å². The van der Waals surface area contributed by atoms with Gasteiger partial charge in [-0.1, -0.05) is 71.4 Å². The van der Waals surface area contributed by atoms with Gasteiger partial charge in [0.05, 0.1) is 13.0 Å². The summed E-state index contributed by atoms with van der Waals surface area (Å²) >= 11 is 1.78.